The average molecular weight is 469 g/mol. The molecule has 0 fully saturated rings. The van der Waals surface area contributed by atoms with E-state index in [9.17, 15) is 4.79 Å². The summed E-state index contributed by atoms with van der Waals surface area (Å²) in [6.07, 6.45) is 0. The number of nitrogens with zero attached hydrogens (tertiary/aromatic N) is 4. The van der Waals surface area contributed by atoms with Gasteiger partial charge in [0, 0.05) is 41.2 Å². The molecule has 0 aliphatic heterocycles. The Morgan fingerprint density at radius 3 is 2.37 bits per heavy atom. The zero-order chi connectivity index (χ0) is 24.2. The minimum Gasteiger partial charge on any atom is -0.497 e. The summed E-state index contributed by atoms with van der Waals surface area (Å²) >= 11 is 0. The second-order valence-corrected chi connectivity index (χ2v) is 7.83. The van der Waals surface area contributed by atoms with Crippen molar-refractivity contribution in [3.63, 3.8) is 0 Å². The lowest BCUT2D eigenvalue weighted by Gasteiger charge is -2.11. The Morgan fingerprint density at radius 1 is 0.914 bits per heavy atom. The summed E-state index contributed by atoms with van der Waals surface area (Å²) in [5, 5.41) is 21.7. The third kappa shape index (κ3) is 4.49. The number of rotatable bonds is 8. The molecule has 0 saturated heterocycles. The number of methoxy groups -OCH3 is 2. The molecule has 1 amide bonds. The SMILES string of the molecule is COCCNC(=O)c1ccc(Nc2nn3c(-c4ccc(OC)cc4)nnc3c3ccccc23)cc1. The molecule has 3 aromatic carbocycles. The summed E-state index contributed by atoms with van der Waals surface area (Å²) in [6, 6.07) is 22.8. The largest absolute Gasteiger partial charge is 0.497 e. The highest BCUT2D eigenvalue weighted by Gasteiger charge is 2.16. The Balaban J connectivity index is 1.50. The van der Waals surface area contributed by atoms with E-state index in [2.05, 4.69) is 20.8 Å². The lowest BCUT2D eigenvalue weighted by Crippen LogP contribution is -2.26. The molecule has 0 unspecified atom stereocenters. The van der Waals surface area contributed by atoms with Gasteiger partial charge in [-0.05, 0) is 48.5 Å². The van der Waals surface area contributed by atoms with Gasteiger partial charge in [0.1, 0.15) is 5.75 Å². The lowest BCUT2D eigenvalue weighted by molar-refractivity contribution is 0.0937. The van der Waals surface area contributed by atoms with Crippen LogP contribution in [0.3, 0.4) is 0 Å². The fourth-order valence-electron chi connectivity index (χ4n) is 3.80. The maximum atomic E-state index is 12.3. The van der Waals surface area contributed by atoms with Crippen molar-refractivity contribution < 1.29 is 14.3 Å². The van der Waals surface area contributed by atoms with E-state index in [4.69, 9.17) is 14.6 Å². The Kier molecular flexibility index (Phi) is 6.23. The Bertz CT molecular complexity index is 1480. The lowest BCUT2D eigenvalue weighted by atomic mass is 10.1. The fraction of sp³-hybridized carbons (Fsp3) is 0.154. The number of carbonyl (C=O) groups excluding carboxylic acids is 1. The van der Waals surface area contributed by atoms with Gasteiger partial charge in [0.2, 0.25) is 0 Å². The third-order valence-corrected chi connectivity index (χ3v) is 5.61. The van der Waals surface area contributed by atoms with Crippen molar-refractivity contribution in [2.75, 3.05) is 32.7 Å². The number of carbonyl (C=O) groups is 1. The summed E-state index contributed by atoms with van der Waals surface area (Å²) in [4.78, 5) is 12.3. The molecule has 5 rings (SSSR count). The molecule has 0 aliphatic rings. The minimum absolute atomic E-state index is 0.146. The number of anilines is 2. The molecule has 9 nitrogen and oxygen atoms in total. The molecule has 0 saturated carbocycles. The first-order chi connectivity index (χ1) is 17.2. The number of ether oxygens (including phenoxy) is 2. The number of aromatic nitrogens is 4. The highest BCUT2D eigenvalue weighted by Crippen LogP contribution is 2.29. The molecular formula is C26H24N6O3. The van der Waals surface area contributed by atoms with E-state index < -0.39 is 0 Å². The number of hydrogen-bond donors (Lipinski definition) is 2. The van der Waals surface area contributed by atoms with Gasteiger partial charge in [-0.1, -0.05) is 24.3 Å². The van der Waals surface area contributed by atoms with Crippen molar-refractivity contribution in [3.8, 4) is 17.1 Å². The van der Waals surface area contributed by atoms with Gasteiger partial charge in [-0.15, -0.1) is 15.3 Å². The van der Waals surface area contributed by atoms with Gasteiger partial charge < -0.3 is 20.1 Å². The third-order valence-electron chi connectivity index (χ3n) is 5.61. The van der Waals surface area contributed by atoms with Crippen molar-refractivity contribution in [1.82, 2.24) is 25.1 Å². The highest BCUT2D eigenvalue weighted by atomic mass is 16.5. The van der Waals surface area contributed by atoms with Crippen LogP contribution in [0.15, 0.2) is 72.8 Å². The highest BCUT2D eigenvalue weighted by molar-refractivity contribution is 6.01. The van der Waals surface area contributed by atoms with E-state index in [0.717, 1.165) is 27.8 Å². The van der Waals surface area contributed by atoms with E-state index in [1.165, 1.54) is 0 Å². The summed E-state index contributed by atoms with van der Waals surface area (Å²) in [7, 11) is 3.23. The number of nitrogens with one attached hydrogen (secondary N) is 2. The first-order valence-electron chi connectivity index (χ1n) is 11.1. The fourth-order valence-corrected chi connectivity index (χ4v) is 3.80. The second kappa shape index (κ2) is 9.78. The van der Waals surface area contributed by atoms with E-state index in [1.54, 1.807) is 30.9 Å². The molecule has 2 aromatic heterocycles. The zero-order valence-corrected chi connectivity index (χ0v) is 19.4. The van der Waals surface area contributed by atoms with E-state index in [0.29, 0.717) is 36.0 Å². The molecule has 176 valence electrons. The normalized spacial score (nSPS) is 11.0. The van der Waals surface area contributed by atoms with Crippen LogP contribution < -0.4 is 15.4 Å². The van der Waals surface area contributed by atoms with Crippen LogP contribution in [0.25, 0.3) is 27.8 Å². The standard InChI is InChI=1S/C26H24N6O3/c1-34-16-15-27-26(33)18-7-11-19(12-8-18)28-23-21-5-3-4-6-22(21)25-30-29-24(32(25)31-23)17-9-13-20(35-2)14-10-17/h3-14H,15-16H2,1-2H3,(H,27,33)(H,28,31). The van der Waals surface area contributed by atoms with E-state index in [1.807, 2.05) is 60.7 Å². The predicted molar refractivity (Wildman–Crippen MR) is 134 cm³/mol. The number of benzene rings is 3. The van der Waals surface area contributed by atoms with Crippen LogP contribution in [0.4, 0.5) is 11.5 Å². The summed E-state index contributed by atoms with van der Waals surface area (Å²) in [5.41, 5.74) is 2.91. The number of amides is 1. The molecule has 2 heterocycles. The van der Waals surface area contributed by atoms with E-state index >= 15 is 0 Å². The summed E-state index contributed by atoms with van der Waals surface area (Å²) in [6.45, 7) is 0.926. The van der Waals surface area contributed by atoms with Gasteiger partial charge in [0.15, 0.2) is 17.3 Å². The van der Waals surface area contributed by atoms with Crippen molar-refractivity contribution in [3.05, 3.63) is 78.4 Å². The molecule has 0 bridgehead atoms. The molecule has 0 spiro atoms. The molecular weight excluding hydrogens is 444 g/mol. The molecule has 35 heavy (non-hydrogen) atoms. The van der Waals surface area contributed by atoms with Gasteiger partial charge in [-0.2, -0.15) is 4.52 Å². The van der Waals surface area contributed by atoms with Gasteiger partial charge in [0.25, 0.3) is 5.91 Å². The average Bonchev–Trinajstić information content (AvgIpc) is 3.33. The van der Waals surface area contributed by atoms with Crippen LogP contribution in [0, 0.1) is 0 Å². The second-order valence-electron chi connectivity index (χ2n) is 7.83. The summed E-state index contributed by atoms with van der Waals surface area (Å²) < 4.78 is 12.0. The predicted octanol–water partition coefficient (Wildman–Crippen LogP) is 4.07. The van der Waals surface area contributed by atoms with Gasteiger partial charge in [0.05, 0.1) is 13.7 Å². The van der Waals surface area contributed by atoms with Gasteiger partial charge in [-0.25, -0.2) is 0 Å². The molecule has 0 radical (unpaired) electrons. The van der Waals surface area contributed by atoms with Crippen LogP contribution in [0.2, 0.25) is 0 Å². The minimum atomic E-state index is -0.146. The van der Waals surface area contributed by atoms with Crippen LogP contribution in [0.5, 0.6) is 5.75 Å². The Hall–Kier alpha value is -4.50. The Labute approximate surface area is 201 Å². The zero-order valence-electron chi connectivity index (χ0n) is 19.4. The smallest absolute Gasteiger partial charge is 0.251 e. The molecule has 0 atom stereocenters. The quantitative estimate of drug-likeness (QED) is 0.331. The number of fused-ring (bicyclic) bond motifs is 3. The van der Waals surface area contributed by atoms with E-state index in [-0.39, 0.29) is 5.91 Å². The summed E-state index contributed by atoms with van der Waals surface area (Å²) in [5.74, 6) is 1.89. The van der Waals surface area contributed by atoms with Crippen LogP contribution in [0.1, 0.15) is 10.4 Å². The van der Waals surface area contributed by atoms with Crippen LogP contribution in [-0.2, 0) is 4.74 Å². The molecule has 0 aliphatic carbocycles. The maximum absolute atomic E-state index is 12.3. The van der Waals surface area contributed by atoms with Crippen molar-refractivity contribution in [1.29, 1.82) is 0 Å². The van der Waals surface area contributed by atoms with Crippen molar-refractivity contribution in [2.45, 2.75) is 0 Å². The molecule has 2 N–H and O–H groups in total. The first kappa shape index (κ1) is 22.3. The van der Waals surface area contributed by atoms with Crippen LogP contribution in [-0.4, -0.2) is 53.1 Å². The number of hydrogen-bond acceptors (Lipinski definition) is 7. The topological polar surface area (TPSA) is 103 Å². The van der Waals surface area contributed by atoms with Gasteiger partial charge in [-0.3, -0.25) is 4.79 Å². The molecule has 5 aromatic rings. The van der Waals surface area contributed by atoms with Gasteiger partial charge >= 0.3 is 0 Å². The molecule has 9 heteroatoms. The monoisotopic (exact) mass is 468 g/mol. The van der Waals surface area contributed by atoms with Crippen LogP contribution >= 0.6 is 0 Å². The first-order valence-corrected chi connectivity index (χ1v) is 11.1. The maximum Gasteiger partial charge on any atom is 0.251 e. The van der Waals surface area contributed by atoms with Crippen molar-refractivity contribution >= 4 is 33.8 Å². The van der Waals surface area contributed by atoms with Crippen molar-refractivity contribution in [2.24, 2.45) is 0 Å². The Morgan fingerprint density at radius 2 is 1.66 bits per heavy atom.